The highest BCUT2D eigenvalue weighted by Gasteiger charge is 2.24. The zero-order chi connectivity index (χ0) is 20.3. The molecule has 0 aromatic heterocycles. The lowest BCUT2D eigenvalue weighted by atomic mass is 10.2. The SMILES string of the molecule is C[C@H](OC(=O)c1ccc2c(c1)NC(=O)CS2)C(=O)N(C)Cc1cccc(F)c1. The highest BCUT2D eigenvalue weighted by atomic mass is 32.2. The molecule has 2 amide bonds. The van der Waals surface area contributed by atoms with Crippen LogP contribution in [-0.2, 0) is 20.9 Å². The summed E-state index contributed by atoms with van der Waals surface area (Å²) in [5.41, 5.74) is 1.43. The van der Waals surface area contributed by atoms with E-state index >= 15 is 0 Å². The summed E-state index contributed by atoms with van der Waals surface area (Å²) in [5.74, 6) is -1.24. The van der Waals surface area contributed by atoms with Crippen LogP contribution in [0.2, 0.25) is 0 Å². The van der Waals surface area contributed by atoms with Crippen LogP contribution in [0.1, 0.15) is 22.8 Å². The number of amides is 2. The summed E-state index contributed by atoms with van der Waals surface area (Å²) in [5, 5.41) is 2.71. The number of carbonyl (C=O) groups excluding carboxylic acids is 3. The summed E-state index contributed by atoms with van der Waals surface area (Å²) in [4.78, 5) is 38.6. The molecule has 28 heavy (non-hydrogen) atoms. The van der Waals surface area contributed by atoms with E-state index in [0.717, 1.165) is 4.90 Å². The molecule has 3 rings (SSSR count). The van der Waals surface area contributed by atoms with Crippen LogP contribution in [0, 0.1) is 5.82 Å². The number of halogens is 1. The predicted molar refractivity (Wildman–Crippen MR) is 104 cm³/mol. The van der Waals surface area contributed by atoms with E-state index in [0.29, 0.717) is 17.0 Å². The Labute approximate surface area is 166 Å². The third-order valence-electron chi connectivity index (χ3n) is 4.16. The molecular formula is C20H19FN2O4S. The molecule has 1 heterocycles. The number of nitrogens with zero attached hydrogens (tertiary/aromatic N) is 1. The number of hydrogen-bond acceptors (Lipinski definition) is 5. The minimum Gasteiger partial charge on any atom is -0.449 e. The van der Waals surface area contributed by atoms with Crippen LogP contribution in [0.25, 0.3) is 0 Å². The van der Waals surface area contributed by atoms with E-state index in [1.54, 1.807) is 31.3 Å². The largest absolute Gasteiger partial charge is 0.449 e. The summed E-state index contributed by atoms with van der Waals surface area (Å²) < 4.78 is 18.6. The lowest BCUT2D eigenvalue weighted by Crippen LogP contribution is -2.37. The molecule has 0 spiro atoms. The molecule has 0 saturated heterocycles. The standard InChI is InChI=1S/C20H19FN2O4S/c1-12(19(25)23(2)10-13-4-3-5-15(21)8-13)27-20(26)14-6-7-17-16(9-14)22-18(24)11-28-17/h3-9,12H,10-11H2,1-2H3,(H,22,24)/t12-/m0/s1. The van der Waals surface area contributed by atoms with Gasteiger partial charge in [0, 0.05) is 18.5 Å². The first kappa shape index (κ1) is 19.9. The first-order chi connectivity index (χ1) is 13.3. The highest BCUT2D eigenvalue weighted by Crippen LogP contribution is 2.32. The van der Waals surface area contributed by atoms with E-state index in [1.165, 1.54) is 41.8 Å². The van der Waals surface area contributed by atoms with Crippen molar-refractivity contribution in [3.63, 3.8) is 0 Å². The van der Waals surface area contributed by atoms with Gasteiger partial charge in [-0.15, -0.1) is 11.8 Å². The molecule has 1 atom stereocenters. The summed E-state index contributed by atoms with van der Waals surface area (Å²) in [7, 11) is 1.56. The maximum Gasteiger partial charge on any atom is 0.338 e. The molecular weight excluding hydrogens is 383 g/mol. The third kappa shape index (κ3) is 4.69. The number of benzene rings is 2. The maximum absolute atomic E-state index is 13.3. The fourth-order valence-corrected chi connectivity index (χ4v) is 3.58. The molecule has 2 aromatic carbocycles. The van der Waals surface area contributed by atoms with Gasteiger partial charge in [0.05, 0.1) is 17.0 Å². The Balaban J connectivity index is 1.62. The quantitative estimate of drug-likeness (QED) is 0.778. The molecule has 1 aliphatic heterocycles. The van der Waals surface area contributed by atoms with Crippen molar-refractivity contribution in [1.29, 1.82) is 0 Å². The highest BCUT2D eigenvalue weighted by molar-refractivity contribution is 8.00. The van der Waals surface area contributed by atoms with Crippen molar-refractivity contribution >= 4 is 35.2 Å². The van der Waals surface area contributed by atoms with Crippen molar-refractivity contribution in [2.75, 3.05) is 18.1 Å². The number of rotatable bonds is 5. The lowest BCUT2D eigenvalue weighted by Gasteiger charge is -2.22. The topological polar surface area (TPSA) is 75.7 Å². The Morgan fingerprint density at radius 3 is 2.82 bits per heavy atom. The van der Waals surface area contributed by atoms with Crippen LogP contribution < -0.4 is 5.32 Å². The smallest absolute Gasteiger partial charge is 0.338 e. The Morgan fingerprint density at radius 1 is 1.29 bits per heavy atom. The number of likely N-dealkylation sites (N-methyl/N-ethyl adjacent to an activating group) is 1. The molecule has 8 heteroatoms. The third-order valence-corrected chi connectivity index (χ3v) is 5.24. The molecule has 1 N–H and O–H groups in total. The number of carbonyl (C=O) groups is 3. The zero-order valence-corrected chi connectivity index (χ0v) is 16.2. The maximum atomic E-state index is 13.3. The summed E-state index contributed by atoms with van der Waals surface area (Å²) in [6, 6.07) is 10.8. The number of esters is 1. The summed E-state index contributed by atoms with van der Waals surface area (Å²) >= 11 is 1.39. The zero-order valence-electron chi connectivity index (χ0n) is 15.4. The molecule has 146 valence electrons. The van der Waals surface area contributed by atoms with Crippen LogP contribution in [0.4, 0.5) is 10.1 Å². The Morgan fingerprint density at radius 2 is 2.07 bits per heavy atom. The van der Waals surface area contributed by atoms with E-state index in [9.17, 15) is 18.8 Å². The second-order valence-electron chi connectivity index (χ2n) is 6.42. The van der Waals surface area contributed by atoms with Crippen LogP contribution in [0.5, 0.6) is 0 Å². The summed E-state index contributed by atoms with van der Waals surface area (Å²) in [6.07, 6.45) is -1.01. The second-order valence-corrected chi connectivity index (χ2v) is 7.44. The van der Waals surface area contributed by atoms with Gasteiger partial charge in [-0.25, -0.2) is 9.18 Å². The van der Waals surface area contributed by atoms with E-state index in [2.05, 4.69) is 5.32 Å². The number of anilines is 1. The van der Waals surface area contributed by atoms with Crippen molar-refractivity contribution < 1.29 is 23.5 Å². The molecule has 0 radical (unpaired) electrons. The van der Waals surface area contributed by atoms with Gasteiger partial charge in [0.25, 0.3) is 5.91 Å². The molecule has 0 fully saturated rings. The van der Waals surface area contributed by atoms with Crippen LogP contribution in [0.3, 0.4) is 0 Å². The van der Waals surface area contributed by atoms with Crippen LogP contribution in [-0.4, -0.2) is 41.6 Å². The van der Waals surface area contributed by atoms with Gasteiger partial charge in [0.1, 0.15) is 5.82 Å². The normalized spacial score (nSPS) is 13.9. The first-order valence-electron chi connectivity index (χ1n) is 8.60. The van der Waals surface area contributed by atoms with Crippen molar-refractivity contribution in [3.05, 3.63) is 59.4 Å². The first-order valence-corrected chi connectivity index (χ1v) is 9.59. The van der Waals surface area contributed by atoms with Gasteiger partial charge in [-0.3, -0.25) is 9.59 Å². The molecule has 6 nitrogen and oxygen atoms in total. The average molecular weight is 402 g/mol. The number of ether oxygens (including phenoxy) is 1. The molecule has 0 saturated carbocycles. The molecule has 2 aromatic rings. The number of nitrogens with one attached hydrogen (secondary N) is 1. The van der Waals surface area contributed by atoms with Gasteiger partial charge in [-0.1, -0.05) is 12.1 Å². The molecule has 1 aliphatic rings. The van der Waals surface area contributed by atoms with E-state index in [1.807, 2.05) is 0 Å². The van der Waals surface area contributed by atoms with Crippen molar-refractivity contribution in [2.24, 2.45) is 0 Å². The van der Waals surface area contributed by atoms with Gasteiger partial charge < -0.3 is 15.0 Å². The average Bonchev–Trinajstić information content (AvgIpc) is 2.66. The monoisotopic (exact) mass is 402 g/mol. The number of thioether (sulfide) groups is 1. The second kappa shape index (κ2) is 8.43. The van der Waals surface area contributed by atoms with Crippen molar-refractivity contribution in [2.45, 2.75) is 24.5 Å². The fraction of sp³-hybridized carbons (Fsp3) is 0.250. The van der Waals surface area contributed by atoms with Crippen molar-refractivity contribution in [3.8, 4) is 0 Å². The Kier molecular flexibility index (Phi) is 5.99. The van der Waals surface area contributed by atoms with Gasteiger partial charge >= 0.3 is 5.97 Å². The molecule has 0 unspecified atom stereocenters. The number of fused-ring (bicyclic) bond motifs is 1. The minimum absolute atomic E-state index is 0.134. The van der Waals surface area contributed by atoms with Gasteiger partial charge in [0.2, 0.25) is 5.91 Å². The van der Waals surface area contributed by atoms with Gasteiger partial charge in [-0.2, -0.15) is 0 Å². The van der Waals surface area contributed by atoms with Gasteiger partial charge in [-0.05, 0) is 42.8 Å². The van der Waals surface area contributed by atoms with E-state index < -0.39 is 18.0 Å². The molecule has 0 bridgehead atoms. The number of hydrogen-bond donors (Lipinski definition) is 1. The van der Waals surface area contributed by atoms with Crippen molar-refractivity contribution in [1.82, 2.24) is 4.90 Å². The Bertz CT molecular complexity index is 934. The lowest BCUT2D eigenvalue weighted by molar-refractivity contribution is -0.139. The fourth-order valence-electron chi connectivity index (χ4n) is 2.79. The van der Waals surface area contributed by atoms with Crippen LogP contribution >= 0.6 is 11.8 Å². The van der Waals surface area contributed by atoms with Crippen LogP contribution in [0.15, 0.2) is 47.4 Å². The van der Waals surface area contributed by atoms with E-state index in [4.69, 9.17) is 4.74 Å². The summed E-state index contributed by atoms with van der Waals surface area (Å²) in [6.45, 7) is 1.68. The Hall–Kier alpha value is -2.87. The van der Waals surface area contributed by atoms with E-state index in [-0.39, 0.29) is 23.8 Å². The molecule has 0 aliphatic carbocycles. The van der Waals surface area contributed by atoms with Gasteiger partial charge in [0.15, 0.2) is 6.10 Å². The predicted octanol–water partition coefficient (Wildman–Crippen LogP) is 3.07. The minimum atomic E-state index is -1.01.